The highest BCUT2D eigenvalue weighted by molar-refractivity contribution is 6.24. The minimum atomic E-state index is -0.601. The van der Waals surface area contributed by atoms with Crippen LogP contribution in [0.4, 0.5) is 0 Å². The second-order valence-corrected chi connectivity index (χ2v) is 4.12. The van der Waals surface area contributed by atoms with E-state index in [1.165, 1.54) is 0 Å². The highest BCUT2D eigenvalue weighted by atomic mass is 28.2. The minimum Gasteiger partial charge on any atom is -0.463 e. The van der Waals surface area contributed by atoms with Crippen LogP contribution in [0, 0.1) is 0 Å². The SMILES string of the molecule is C[Si]OCCOC(=O)CC(=O)OCCO[Si]C. The van der Waals surface area contributed by atoms with Crippen molar-refractivity contribution in [2.45, 2.75) is 19.5 Å². The van der Waals surface area contributed by atoms with Gasteiger partial charge in [0.05, 0.1) is 13.2 Å². The lowest BCUT2D eigenvalue weighted by molar-refractivity contribution is -0.155. The first kappa shape index (κ1) is 16.3. The minimum absolute atomic E-state index is 0.160. The monoisotopic (exact) mass is 276 g/mol. The van der Waals surface area contributed by atoms with Crippen molar-refractivity contribution in [2.24, 2.45) is 0 Å². The molecular formula is C9H16O6Si2. The molecule has 6 nitrogen and oxygen atoms in total. The molecule has 0 unspecified atom stereocenters. The van der Waals surface area contributed by atoms with E-state index in [1.54, 1.807) is 0 Å². The smallest absolute Gasteiger partial charge is 0.317 e. The molecule has 0 saturated heterocycles. The zero-order valence-electron chi connectivity index (χ0n) is 9.99. The quantitative estimate of drug-likeness (QED) is 0.239. The normalized spacial score (nSPS) is 10.0. The molecular weight excluding hydrogens is 260 g/mol. The summed E-state index contributed by atoms with van der Waals surface area (Å²) in [6, 6.07) is 0. The van der Waals surface area contributed by atoms with Gasteiger partial charge in [-0.1, -0.05) is 0 Å². The van der Waals surface area contributed by atoms with Crippen molar-refractivity contribution >= 4 is 31.5 Å². The van der Waals surface area contributed by atoms with Gasteiger partial charge in [-0.2, -0.15) is 0 Å². The van der Waals surface area contributed by atoms with E-state index in [4.69, 9.17) is 18.3 Å². The van der Waals surface area contributed by atoms with Crippen molar-refractivity contribution < 1.29 is 27.9 Å². The molecule has 0 rings (SSSR count). The third-order valence-electron chi connectivity index (χ3n) is 1.47. The zero-order chi connectivity index (χ0) is 12.9. The van der Waals surface area contributed by atoms with Crippen molar-refractivity contribution in [3.05, 3.63) is 0 Å². The highest BCUT2D eigenvalue weighted by Gasteiger charge is 2.11. The molecule has 0 spiro atoms. The molecule has 0 aliphatic rings. The summed E-state index contributed by atoms with van der Waals surface area (Å²) < 4.78 is 19.5. The third kappa shape index (κ3) is 11.6. The maximum absolute atomic E-state index is 11.1. The van der Waals surface area contributed by atoms with Crippen LogP contribution in [0.5, 0.6) is 0 Å². The summed E-state index contributed by atoms with van der Waals surface area (Å²) in [6.07, 6.45) is -0.372. The molecule has 0 N–H and O–H groups in total. The maximum atomic E-state index is 11.1. The van der Waals surface area contributed by atoms with E-state index in [0.29, 0.717) is 32.7 Å². The Morgan fingerprint density at radius 1 is 0.824 bits per heavy atom. The Morgan fingerprint density at radius 2 is 1.24 bits per heavy atom. The molecule has 0 aromatic carbocycles. The Labute approximate surface area is 106 Å². The first-order valence-electron chi connectivity index (χ1n) is 5.09. The number of carbonyl (C=O) groups excluding carboxylic acids is 2. The van der Waals surface area contributed by atoms with Crippen LogP contribution in [0.15, 0.2) is 0 Å². The van der Waals surface area contributed by atoms with Crippen LogP contribution >= 0.6 is 0 Å². The molecule has 17 heavy (non-hydrogen) atoms. The topological polar surface area (TPSA) is 71.1 Å². The summed E-state index contributed by atoms with van der Waals surface area (Å²) in [5.74, 6) is -1.20. The van der Waals surface area contributed by atoms with Gasteiger partial charge in [-0.3, -0.25) is 9.59 Å². The molecule has 0 saturated carbocycles. The third-order valence-corrected chi connectivity index (χ3v) is 2.46. The molecule has 96 valence electrons. The van der Waals surface area contributed by atoms with Crippen LogP contribution in [0.1, 0.15) is 6.42 Å². The first-order chi connectivity index (χ1) is 8.20. The van der Waals surface area contributed by atoms with Gasteiger partial charge in [0, 0.05) is 0 Å². The standard InChI is InChI=1S/C9H16O6Si2/c1-16-14-5-3-12-8(10)7-9(11)13-4-6-15-17-2/h3-7H2,1-2H3. The van der Waals surface area contributed by atoms with Crippen LogP contribution in [-0.4, -0.2) is 57.9 Å². The van der Waals surface area contributed by atoms with Crippen LogP contribution in [0.2, 0.25) is 13.1 Å². The molecule has 0 aromatic heterocycles. The second kappa shape index (κ2) is 11.8. The fourth-order valence-electron chi connectivity index (χ4n) is 0.818. The van der Waals surface area contributed by atoms with Gasteiger partial charge in [0.15, 0.2) is 0 Å². The summed E-state index contributed by atoms with van der Waals surface area (Å²) in [5, 5.41) is 0. The van der Waals surface area contributed by atoms with Crippen molar-refractivity contribution in [1.29, 1.82) is 0 Å². The molecule has 0 aliphatic carbocycles. The van der Waals surface area contributed by atoms with Crippen molar-refractivity contribution in [1.82, 2.24) is 0 Å². The van der Waals surface area contributed by atoms with E-state index in [9.17, 15) is 9.59 Å². The summed E-state index contributed by atoms with van der Waals surface area (Å²) in [6.45, 7) is 4.76. The van der Waals surface area contributed by atoms with E-state index in [0.717, 1.165) is 0 Å². The lowest BCUT2D eigenvalue weighted by atomic mass is 10.4. The Morgan fingerprint density at radius 3 is 1.59 bits per heavy atom. The largest absolute Gasteiger partial charge is 0.463 e. The van der Waals surface area contributed by atoms with Gasteiger partial charge in [0.2, 0.25) is 19.5 Å². The van der Waals surface area contributed by atoms with Gasteiger partial charge in [0.1, 0.15) is 19.6 Å². The summed E-state index contributed by atoms with van der Waals surface area (Å²) in [4.78, 5) is 22.2. The second-order valence-electron chi connectivity index (χ2n) is 2.72. The highest BCUT2D eigenvalue weighted by Crippen LogP contribution is 1.91. The van der Waals surface area contributed by atoms with E-state index in [2.05, 4.69) is 0 Å². The number of hydrogen-bond acceptors (Lipinski definition) is 6. The van der Waals surface area contributed by atoms with Gasteiger partial charge in [-0.25, -0.2) is 0 Å². The number of ether oxygens (including phenoxy) is 2. The van der Waals surface area contributed by atoms with E-state index >= 15 is 0 Å². The Balaban J connectivity index is 3.42. The molecule has 0 atom stereocenters. The number of hydrogen-bond donors (Lipinski definition) is 0. The summed E-state index contributed by atoms with van der Waals surface area (Å²) in [5.41, 5.74) is 0. The van der Waals surface area contributed by atoms with Crippen LogP contribution < -0.4 is 0 Å². The summed E-state index contributed by atoms with van der Waals surface area (Å²) >= 11 is 0. The summed E-state index contributed by atoms with van der Waals surface area (Å²) in [7, 11) is 0.721. The van der Waals surface area contributed by atoms with Crippen molar-refractivity contribution in [3.63, 3.8) is 0 Å². The van der Waals surface area contributed by atoms with Gasteiger partial charge in [-0.05, 0) is 13.1 Å². The molecule has 8 heteroatoms. The molecule has 0 aromatic rings. The lowest BCUT2D eigenvalue weighted by Gasteiger charge is -2.05. The van der Waals surface area contributed by atoms with Crippen LogP contribution in [0.25, 0.3) is 0 Å². The Bertz CT molecular complexity index is 202. The van der Waals surface area contributed by atoms with Gasteiger partial charge < -0.3 is 18.3 Å². The number of rotatable bonds is 10. The van der Waals surface area contributed by atoms with E-state index in [-0.39, 0.29) is 19.6 Å². The van der Waals surface area contributed by atoms with Gasteiger partial charge in [-0.15, -0.1) is 0 Å². The van der Waals surface area contributed by atoms with Crippen LogP contribution in [-0.2, 0) is 27.9 Å². The Kier molecular flexibility index (Phi) is 11.3. The molecule has 4 radical (unpaired) electrons. The predicted octanol–water partition coefficient (Wildman–Crippen LogP) is -0.169. The molecule has 0 fully saturated rings. The van der Waals surface area contributed by atoms with Gasteiger partial charge >= 0.3 is 11.9 Å². The van der Waals surface area contributed by atoms with Crippen molar-refractivity contribution in [2.75, 3.05) is 26.4 Å². The maximum Gasteiger partial charge on any atom is 0.317 e. The Hall–Kier alpha value is -0.706. The van der Waals surface area contributed by atoms with Crippen molar-refractivity contribution in [3.8, 4) is 0 Å². The molecule has 0 bridgehead atoms. The number of carbonyl (C=O) groups is 2. The van der Waals surface area contributed by atoms with Gasteiger partial charge in [0.25, 0.3) is 0 Å². The fourth-order valence-corrected chi connectivity index (χ4v) is 1.39. The zero-order valence-corrected chi connectivity index (χ0v) is 12.0. The average molecular weight is 276 g/mol. The number of esters is 2. The average Bonchev–Trinajstić information content (AvgIpc) is 2.30. The first-order valence-corrected chi connectivity index (χ1v) is 7.90. The van der Waals surface area contributed by atoms with E-state index < -0.39 is 11.9 Å². The molecule has 0 aliphatic heterocycles. The van der Waals surface area contributed by atoms with Crippen LogP contribution in [0.3, 0.4) is 0 Å². The fraction of sp³-hybridized carbons (Fsp3) is 0.778. The molecule has 0 heterocycles. The van der Waals surface area contributed by atoms with E-state index in [1.807, 2.05) is 13.1 Å². The predicted molar refractivity (Wildman–Crippen MR) is 61.7 cm³/mol. The molecule has 0 amide bonds. The lowest BCUT2D eigenvalue weighted by Crippen LogP contribution is -2.18.